The standard InChI is InChI=1S/C12H17ClN4O2/c1-2-4-14-9-7-19-6-8(9)11(18)17-12-15-5-3-10(13)16-12/h3,5,8-9,14H,2,4,6-7H2,1H3,(H,15,16,17,18). The fourth-order valence-electron chi connectivity index (χ4n) is 1.94. The van der Waals surface area contributed by atoms with Crippen molar-refractivity contribution < 1.29 is 9.53 Å². The fraction of sp³-hybridized carbons (Fsp3) is 0.583. The minimum atomic E-state index is -0.228. The molecule has 104 valence electrons. The minimum Gasteiger partial charge on any atom is -0.379 e. The highest BCUT2D eigenvalue weighted by Gasteiger charge is 2.33. The fourth-order valence-corrected chi connectivity index (χ4v) is 2.08. The van der Waals surface area contributed by atoms with Gasteiger partial charge in [0.2, 0.25) is 11.9 Å². The van der Waals surface area contributed by atoms with Gasteiger partial charge in [0.15, 0.2) is 0 Å². The van der Waals surface area contributed by atoms with Crippen LogP contribution in [0.15, 0.2) is 12.3 Å². The largest absolute Gasteiger partial charge is 0.379 e. The van der Waals surface area contributed by atoms with Crippen molar-refractivity contribution in [3.8, 4) is 0 Å². The molecular weight excluding hydrogens is 268 g/mol. The van der Waals surface area contributed by atoms with E-state index in [0.29, 0.717) is 18.4 Å². The van der Waals surface area contributed by atoms with Crippen LogP contribution in [0.3, 0.4) is 0 Å². The van der Waals surface area contributed by atoms with Gasteiger partial charge in [-0.05, 0) is 19.0 Å². The van der Waals surface area contributed by atoms with Crippen molar-refractivity contribution in [2.45, 2.75) is 19.4 Å². The number of carbonyl (C=O) groups is 1. The molecule has 1 aromatic heterocycles. The number of halogens is 1. The van der Waals surface area contributed by atoms with E-state index in [0.717, 1.165) is 13.0 Å². The van der Waals surface area contributed by atoms with Crippen molar-refractivity contribution in [3.05, 3.63) is 17.4 Å². The van der Waals surface area contributed by atoms with E-state index < -0.39 is 0 Å². The van der Waals surface area contributed by atoms with Gasteiger partial charge in [-0.2, -0.15) is 0 Å². The first-order chi connectivity index (χ1) is 9.20. The van der Waals surface area contributed by atoms with Crippen LogP contribution in [0.2, 0.25) is 5.15 Å². The summed E-state index contributed by atoms with van der Waals surface area (Å²) >= 11 is 5.75. The van der Waals surface area contributed by atoms with E-state index in [9.17, 15) is 4.79 Å². The molecule has 0 radical (unpaired) electrons. The van der Waals surface area contributed by atoms with Crippen LogP contribution in [0, 0.1) is 5.92 Å². The van der Waals surface area contributed by atoms with Crippen molar-refractivity contribution in [2.75, 3.05) is 25.1 Å². The smallest absolute Gasteiger partial charge is 0.233 e. The van der Waals surface area contributed by atoms with Gasteiger partial charge in [0.25, 0.3) is 0 Å². The number of anilines is 1. The van der Waals surface area contributed by atoms with Crippen molar-refractivity contribution in [3.63, 3.8) is 0 Å². The van der Waals surface area contributed by atoms with Crippen molar-refractivity contribution in [1.82, 2.24) is 15.3 Å². The summed E-state index contributed by atoms with van der Waals surface area (Å²) in [5.41, 5.74) is 0. The Morgan fingerprint density at radius 1 is 1.58 bits per heavy atom. The molecule has 0 aromatic carbocycles. The van der Waals surface area contributed by atoms with Crippen LogP contribution in [0.25, 0.3) is 0 Å². The predicted octanol–water partition coefficient (Wildman–Crippen LogP) is 1.08. The number of nitrogens with zero attached hydrogens (tertiary/aromatic N) is 2. The third-order valence-electron chi connectivity index (χ3n) is 2.93. The first-order valence-corrected chi connectivity index (χ1v) is 6.69. The highest BCUT2D eigenvalue weighted by molar-refractivity contribution is 6.29. The van der Waals surface area contributed by atoms with Crippen LogP contribution in [-0.2, 0) is 9.53 Å². The Bertz CT molecular complexity index is 443. The second-order valence-electron chi connectivity index (χ2n) is 4.40. The number of hydrogen-bond donors (Lipinski definition) is 2. The van der Waals surface area contributed by atoms with Gasteiger partial charge in [0, 0.05) is 12.2 Å². The zero-order valence-corrected chi connectivity index (χ0v) is 11.5. The molecule has 0 spiro atoms. The molecule has 7 heteroatoms. The third kappa shape index (κ3) is 3.86. The van der Waals surface area contributed by atoms with E-state index in [1.165, 1.54) is 6.20 Å². The Morgan fingerprint density at radius 2 is 2.42 bits per heavy atom. The summed E-state index contributed by atoms with van der Waals surface area (Å²) in [6.45, 7) is 3.91. The monoisotopic (exact) mass is 284 g/mol. The number of rotatable bonds is 5. The topological polar surface area (TPSA) is 76.1 Å². The quantitative estimate of drug-likeness (QED) is 0.792. The molecule has 1 saturated heterocycles. The van der Waals surface area contributed by atoms with Gasteiger partial charge >= 0.3 is 0 Å². The van der Waals surface area contributed by atoms with Gasteiger partial charge in [-0.3, -0.25) is 10.1 Å². The third-order valence-corrected chi connectivity index (χ3v) is 3.14. The molecule has 6 nitrogen and oxygen atoms in total. The first kappa shape index (κ1) is 14.2. The predicted molar refractivity (Wildman–Crippen MR) is 72.1 cm³/mol. The number of ether oxygens (including phenoxy) is 1. The molecule has 0 aliphatic carbocycles. The molecule has 1 amide bonds. The Morgan fingerprint density at radius 3 is 3.16 bits per heavy atom. The lowest BCUT2D eigenvalue weighted by Gasteiger charge is -2.17. The molecule has 1 fully saturated rings. The van der Waals surface area contributed by atoms with E-state index >= 15 is 0 Å². The Hall–Kier alpha value is -1.24. The molecule has 0 saturated carbocycles. The Labute approximate surface area is 116 Å². The zero-order chi connectivity index (χ0) is 13.7. The molecule has 1 aliphatic heterocycles. The molecule has 1 aliphatic rings. The van der Waals surface area contributed by atoms with Crippen LogP contribution in [-0.4, -0.2) is 41.7 Å². The second kappa shape index (κ2) is 6.79. The van der Waals surface area contributed by atoms with Crippen molar-refractivity contribution in [2.24, 2.45) is 5.92 Å². The number of aromatic nitrogens is 2. The van der Waals surface area contributed by atoms with Gasteiger partial charge in [0.1, 0.15) is 5.15 Å². The van der Waals surface area contributed by atoms with E-state index in [1.807, 2.05) is 0 Å². The van der Waals surface area contributed by atoms with Crippen LogP contribution in [0.1, 0.15) is 13.3 Å². The van der Waals surface area contributed by atoms with Crippen LogP contribution in [0.4, 0.5) is 5.95 Å². The molecule has 2 N–H and O–H groups in total. The molecular formula is C12H17ClN4O2. The Kier molecular flexibility index (Phi) is 5.07. The average Bonchev–Trinajstić information content (AvgIpc) is 2.84. The lowest BCUT2D eigenvalue weighted by molar-refractivity contribution is -0.120. The van der Waals surface area contributed by atoms with E-state index in [1.54, 1.807) is 6.07 Å². The number of carbonyl (C=O) groups excluding carboxylic acids is 1. The summed E-state index contributed by atoms with van der Waals surface area (Å²) in [7, 11) is 0. The maximum absolute atomic E-state index is 12.1. The molecule has 1 aromatic rings. The van der Waals surface area contributed by atoms with E-state index in [-0.39, 0.29) is 23.8 Å². The molecule has 19 heavy (non-hydrogen) atoms. The summed E-state index contributed by atoms with van der Waals surface area (Å²) in [6, 6.07) is 1.60. The van der Waals surface area contributed by atoms with Gasteiger partial charge in [-0.1, -0.05) is 18.5 Å². The van der Waals surface area contributed by atoms with Crippen LogP contribution < -0.4 is 10.6 Å². The number of nitrogens with one attached hydrogen (secondary N) is 2. The first-order valence-electron chi connectivity index (χ1n) is 6.31. The normalized spacial score (nSPS) is 22.4. The molecule has 0 bridgehead atoms. The summed E-state index contributed by atoms with van der Waals surface area (Å²) < 4.78 is 5.36. The van der Waals surface area contributed by atoms with Crippen molar-refractivity contribution >= 4 is 23.5 Å². The summed E-state index contributed by atoms with van der Waals surface area (Å²) in [4.78, 5) is 20.0. The number of hydrogen-bond acceptors (Lipinski definition) is 5. The van der Waals surface area contributed by atoms with Gasteiger partial charge < -0.3 is 10.1 Å². The summed E-state index contributed by atoms with van der Waals surface area (Å²) in [6.07, 6.45) is 2.52. The van der Waals surface area contributed by atoms with E-state index in [2.05, 4.69) is 27.5 Å². The molecule has 2 heterocycles. The highest BCUT2D eigenvalue weighted by atomic mass is 35.5. The lowest BCUT2D eigenvalue weighted by Crippen LogP contribution is -2.41. The second-order valence-corrected chi connectivity index (χ2v) is 4.78. The van der Waals surface area contributed by atoms with Crippen molar-refractivity contribution in [1.29, 1.82) is 0 Å². The average molecular weight is 285 g/mol. The van der Waals surface area contributed by atoms with Gasteiger partial charge in [-0.15, -0.1) is 0 Å². The maximum atomic E-state index is 12.1. The van der Waals surface area contributed by atoms with Gasteiger partial charge in [0.05, 0.1) is 19.1 Å². The zero-order valence-electron chi connectivity index (χ0n) is 10.7. The van der Waals surface area contributed by atoms with Crippen LogP contribution >= 0.6 is 11.6 Å². The highest BCUT2D eigenvalue weighted by Crippen LogP contribution is 2.16. The molecule has 2 rings (SSSR count). The molecule has 2 atom stereocenters. The van der Waals surface area contributed by atoms with Gasteiger partial charge in [-0.25, -0.2) is 9.97 Å². The summed E-state index contributed by atoms with van der Waals surface area (Å²) in [5.74, 6) is -0.152. The van der Waals surface area contributed by atoms with Crippen LogP contribution in [0.5, 0.6) is 0 Å². The summed E-state index contributed by atoms with van der Waals surface area (Å²) in [5, 5.41) is 6.27. The Balaban J connectivity index is 1.95. The minimum absolute atomic E-state index is 0.0409. The maximum Gasteiger partial charge on any atom is 0.233 e. The molecule has 2 unspecified atom stereocenters. The van der Waals surface area contributed by atoms with E-state index in [4.69, 9.17) is 16.3 Å². The lowest BCUT2D eigenvalue weighted by atomic mass is 10.0. The SMILES string of the molecule is CCCNC1COCC1C(=O)Nc1nccc(Cl)n1. The number of amides is 1.